The number of ketones is 1. The van der Waals surface area contributed by atoms with E-state index in [0.29, 0.717) is 12.3 Å². The number of fused-ring (bicyclic) bond motifs is 2. The molecule has 0 radical (unpaired) electrons. The molecule has 1 amide bonds. The van der Waals surface area contributed by atoms with E-state index < -0.39 is 0 Å². The second kappa shape index (κ2) is 5.66. The van der Waals surface area contributed by atoms with Crippen LogP contribution < -0.4 is 5.32 Å². The lowest BCUT2D eigenvalue weighted by molar-refractivity contribution is -0.137. The van der Waals surface area contributed by atoms with Gasteiger partial charge in [-0.1, -0.05) is 6.42 Å². The Balaban J connectivity index is 1.59. The lowest BCUT2D eigenvalue weighted by Gasteiger charge is -2.36. The molecule has 1 heterocycles. The first-order valence-corrected chi connectivity index (χ1v) is 7.99. The molecular weight excluding hydrogens is 264 g/mol. The third kappa shape index (κ3) is 2.76. The van der Waals surface area contributed by atoms with Gasteiger partial charge >= 0.3 is 0 Å². The van der Waals surface area contributed by atoms with E-state index in [-0.39, 0.29) is 23.7 Å². The van der Waals surface area contributed by atoms with Crippen LogP contribution in [-0.2, 0) is 23.2 Å². The summed E-state index contributed by atoms with van der Waals surface area (Å²) in [5.41, 5.74) is 2.31. The van der Waals surface area contributed by atoms with Gasteiger partial charge in [-0.05, 0) is 44.7 Å². The van der Waals surface area contributed by atoms with E-state index in [1.165, 1.54) is 5.69 Å². The second-order valence-corrected chi connectivity index (χ2v) is 6.64. The zero-order valence-corrected chi connectivity index (χ0v) is 12.9. The first kappa shape index (κ1) is 14.4. The van der Waals surface area contributed by atoms with Crippen LogP contribution in [0.25, 0.3) is 0 Å². The highest BCUT2D eigenvalue weighted by atomic mass is 16.2. The first-order chi connectivity index (χ1) is 10.1. The molecule has 114 valence electrons. The molecule has 1 aromatic heterocycles. The van der Waals surface area contributed by atoms with Gasteiger partial charge in [0.1, 0.15) is 5.78 Å². The van der Waals surface area contributed by atoms with Gasteiger partial charge in [-0.15, -0.1) is 0 Å². The van der Waals surface area contributed by atoms with Crippen molar-refractivity contribution >= 4 is 11.7 Å². The minimum atomic E-state index is 0.0272. The van der Waals surface area contributed by atoms with Gasteiger partial charge in [0.05, 0.1) is 6.54 Å². The van der Waals surface area contributed by atoms with E-state index in [1.807, 2.05) is 7.05 Å². The molecule has 1 aromatic rings. The first-order valence-electron chi connectivity index (χ1n) is 7.99. The maximum absolute atomic E-state index is 12.4. The highest BCUT2D eigenvalue weighted by Crippen LogP contribution is 2.40. The minimum Gasteiger partial charge on any atom is -0.350 e. The third-order valence-corrected chi connectivity index (χ3v) is 5.34. The molecule has 21 heavy (non-hydrogen) atoms. The van der Waals surface area contributed by atoms with E-state index >= 15 is 0 Å². The monoisotopic (exact) mass is 288 g/mol. The molecule has 2 fully saturated rings. The summed E-state index contributed by atoms with van der Waals surface area (Å²) in [6, 6.07) is 4.11. The summed E-state index contributed by atoms with van der Waals surface area (Å²) in [7, 11) is 2.01. The summed E-state index contributed by atoms with van der Waals surface area (Å²) in [6.45, 7) is 2.63. The van der Waals surface area contributed by atoms with Crippen molar-refractivity contribution in [2.75, 3.05) is 0 Å². The van der Waals surface area contributed by atoms with Crippen molar-refractivity contribution in [3.63, 3.8) is 0 Å². The molecule has 2 aliphatic carbocycles. The Hall–Kier alpha value is -1.58. The molecule has 3 rings (SSSR count). The molecule has 2 unspecified atom stereocenters. The molecule has 2 bridgehead atoms. The van der Waals surface area contributed by atoms with E-state index in [1.54, 1.807) is 0 Å². The molecule has 2 atom stereocenters. The van der Waals surface area contributed by atoms with Crippen LogP contribution >= 0.6 is 0 Å². The number of amides is 1. The number of aryl methyl sites for hydroxylation is 1. The fourth-order valence-electron chi connectivity index (χ4n) is 3.86. The number of hydrogen-bond acceptors (Lipinski definition) is 2. The molecule has 0 aliphatic heterocycles. The van der Waals surface area contributed by atoms with Gasteiger partial charge in [0.2, 0.25) is 5.91 Å². The number of nitrogens with zero attached hydrogens (tertiary/aromatic N) is 1. The Kier molecular flexibility index (Phi) is 3.87. The van der Waals surface area contributed by atoms with E-state index in [2.05, 4.69) is 28.9 Å². The number of carbonyl (C=O) groups excluding carboxylic acids is 2. The lowest BCUT2D eigenvalue weighted by atomic mass is 9.67. The second-order valence-electron chi connectivity index (χ2n) is 6.64. The van der Waals surface area contributed by atoms with Gasteiger partial charge in [0.25, 0.3) is 0 Å². The zero-order valence-electron chi connectivity index (χ0n) is 12.9. The molecule has 2 aliphatic rings. The minimum absolute atomic E-state index is 0.0272. The maximum Gasteiger partial charge on any atom is 0.223 e. The Morgan fingerprint density at radius 3 is 2.52 bits per heavy atom. The van der Waals surface area contributed by atoms with Crippen LogP contribution in [0.5, 0.6) is 0 Å². The van der Waals surface area contributed by atoms with Gasteiger partial charge in [-0.2, -0.15) is 0 Å². The molecule has 0 spiro atoms. The average molecular weight is 288 g/mol. The molecular formula is C17H24N2O2. The highest BCUT2D eigenvalue weighted by molar-refractivity contribution is 5.88. The van der Waals surface area contributed by atoms with E-state index in [9.17, 15) is 9.59 Å². The van der Waals surface area contributed by atoms with Crippen LogP contribution in [0.4, 0.5) is 0 Å². The average Bonchev–Trinajstić information content (AvgIpc) is 2.76. The smallest absolute Gasteiger partial charge is 0.223 e. The zero-order chi connectivity index (χ0) is 15.0. The SMILES string of the molecule is Cc1ccc(CNC(=O)C2CC3CCCC(C2)C3=O)n1C. The predicted octanol–water partition coefficient (Wildman–Crippen LogP) is 2.35. The van der Waals surface area contributed by atoms with Crippen LogP contribution in [0, 0.1) is 24.7 Å². The van der Waals surface area contributed by atoms with Crippen molar-refractivity contribution in [1.82, 2.24) is 9.88 Å². The van der Waals surface area contributed by atoms with Gasteiger partial charge in [-0.25, -0.2) is 0 Å². The molecule has 2 saturated carbocycles. The van der Waals surface area contributed by atoms with Crippen LogP contribution in [0.15, 0.2) is 12.1 Å². The van der Waals surface area contributed by atoms with Crippen molar-refractivity contribution in [3.8, 4) is 0 Å². The summed E-state index contributed by atoms with van der Waals surface area (Å²) in [5.74, 6) is 0.858. The number of Topliss-reactive ketones (excluding diaryl/α,β-unsaturated/α-hetero) is 1. The van der Waals surface area contributed by atoms with Gasteiger partial charge in [0, 0.05) is 36.2 Å². The summed E-state index contributed by atoms with van der Waals surface area (Å²) in [4.78, 5) is 24.5. The Morgan fingerprint density at radius 1 is 1.29 bits per heavy atom. The van der Waals surface area contributed by atoms with Crippen LogP contribution in [0.3, 0.4) is 0 Å². The van der Waals surface area contributed by atoms with Crippen molar-refractivity contribution in [2.24, 2.45) is 24.8 Å². The normalized spacial score (nSPS) is 28.5. The predicted molar refractivity (Wildman–Crippen MR) is 80.6 cm³/mol. The van der Waals surface area contributed by atoms with E-state index in [0.717, 1.165) is 37.8 Å². The molecule has 0 saturated heterocycles. The van der Waals surface area contributed by atoms with Crippen molar-refractivity contribution in [1.29, 1.82) is 0 Å². The molecule has 4 nitrogen and oxygen atoms in total. The summed E-state index contributed by atoms with van der Waals surface area (Å²) < 4.78 is 2.10. The summed E-state index contributed by atoms with van der Waals surface area (Å²) in [6.07, 6.45) is 4.63. The Morgan fingerprint density at radius 2 is 1.95 bits per heavy atom. The standard InChI is InChI=1S/C17H24N2O2/c1-11-6-7-15(19(11)2)10-18-17(21)14-8-12-4-3-5-13(9-14)16(12)20/h6-7,12-14H,3-5,8-10H2,1-2H3,(H,18,21). The number of nitrogens with one attached hydrogen (secondary N) is 1. The molecule has 0 aromatic carbocycles. The largest absolute Gasteiger partial charge is 0.350 e. The Labute approximate surface area is 125 Å². The Bertz CT molecular complexity index is 545. The van der Waals surface area contributed by atoms with Crippen molar-refractivity contribution in [3.05, 3.63) is 23.5 Å². The number of carbonyl (C=O) groups is 2. The van der Waals surface area contributed by atoms with Crippen molar-refractivity contribution < 1.29 is 9.59 Å². The van der Waals surface area contributed by atoms with Gasteiger partial charge in [-0.3, -0.25) is 9.59 Å². The topological polar surface area (TPSA) is 51.1 Å². The van der Waals surface area contributed by atoms with Crippen LogP contribution in [0.1, 0.15) is 43.5 Å². The van der Waals surface area contributed by atoms with Crippen molar-refractivity contribution in [2.45, 2.75) is 45.6 Å². The fraction of sp³-hybridized carbons (Fsp3) is 0.647. The number of hydrogen-bond donors (Lipinski definition) is 1. The van der Waals surface area contributed by atoms with Gasteiger partial charge < -0.3 is 9.88 Å². The summed E-state index contributed by atoms with van der Waals surface area (Å²) >= 11 is 0. The van der Waals surface area contributed by atoms with E-state index in [4.69, 9.17) is 0 Å². The van der Waals surface area contributed by atoms with Crippen LogP contribution in [0.2, 0.25) is 0 Å². The quantitative estimate of drug-likeness (QED) is 0.928. The third-order valence-electron chi connectivity index (χ3n) is 5.34. The fourth-order valence-corrected chi connectivity index (χ4v) is 3.86. The maximum atomic E-state index is 12.4. The number of rotatable bonds is 3. The lowest BCUT2D eigenvalue weighted by Crippen LogP contribution is -2.42. The van der Waals surface area contributed by atoms with Gasteiger partial charge in [0.15, 0.2) is 0 Å². The molecule has 1 N–H and O–H groups in total. The summed E-state index contributed by atoms with van der Waals surface area (Å²) in [5, 5.41) is 3.06. The highest BCUT2D eigenvalue weighted by Gasteiger charge is 2.41. The number of aromatic nitrogens is 1. The van der Waals surface area contributed by atoms with Crippen LogP contribution in [-0.4, -0.2) is 16.3 Å². The molecule has 4 heteroatoms.